The standard InChI is InChI=1S/C24H26N6O3/c1-2-18-16-26-24(27-17-18)30-10-8-29(9-11-30)22(31)6-13-33-14-12-28-7-5-19-3-4-20(23(25)32)15-21(19)28/h1,3-5,7,15-17H,6,8-14H2,(H2,25,32). The molecule has 0 saturated carbocycles. The van der Waals surface area contributed by atoms with Gasteiger partial charge in [-0.3, -0.25) is 9.59 Å². The van der Waals surface area contributed by atoms with Crippen molar-refractivity contribution in [2.75, 3.05) is 44.3 Å². The van der Waals surface area contributed by atoms with Gasteiger partial charge in [0.25, 0.3) is 0 Å². The summed E-state index contributed by atoms with van der Waals surface area (Å²) in [5.74, 6) is 2.76. The molecule has 0 atom stereocenters. The lowest BCUT2D eigenvalue weighted by Gasteiger charge is -2.34. The Morgan fingerprint density at radius 2 is 1.85 bits per heavy atom. The van der Waals surface area contributed by atoms with Crippen molar-refractivity contribution in [3.05, 3.63) is 54.0 Å². The van der Waals surface area contributed by atoms with Crippen molar-refractivity contribution in [3.63, 3.8) is 0 Å². The van der Waals surface area contributed by atoms with Crippen LogP contribution < -0.4 is 10.6 Å². The third kappa shape index (κ3) is 5.30. The maximum absolute atomic E-state index is 12.5. The molecule has 2 amide bonds. The third-order valence-corrected chi connectivity index (χ3v) is 5.72. The van der Waals surface area contributed by atoms with Gasteiger partial charge in [-0.15, -0.1) is 6.42 Å². The highest BCUT2D eigenvalue weighted by molar-refractivity contribution is 5.97. The predicted octanol–water partition coefficient (Wildman–Crippen LogP) is 1.27. The van der Waals surface area contributed by atoms with E-state index < -0.39 is 5.91 Å². The second-order valence-electron chi connectivity index (χ2n) is 7.79. The molecule has 1 aromatic carbocycles. The fraction of sp³-hybridized carbons (Fsp3) is 0.333. The molecule has 1 saturated heterocycles. The number of nitrogens with two attached hydrogens (primary N) is 1. The van der Waals surface area contributed by atoms with Gasteiger partial charge in [-0.2, -0.15) is 0 Å². The van der Waals surface area contributed by atoms with Crippen molar-refractivity contribution in [1.29, 1.82) is 0 Å². The summed E-state index contributed by atoms with van der Waals surface area (Å²) in [6.07, 6.45) is 10.9. The van der Waals surface area contributed by atoms with Crippen LogP contribution in [0.15, 0.2) is 42.9 Å². The number of terminal acetylenes is 1. The largest absolute Gasteiger partial charge is 0.379 e. The average molecular weight is 447 g/mol. The number of carbonyl (C=O) groups is 2. The lowest BCUT2D eigenvalue weighted by atomic mass is 10.1. The molecule has 9 heteroatoms. The first-order valence-corrected chi connectivity index (χ1v) is 10.8. The van der Waals surface area contributed by atoms with Gasteiger partial charge in [0.2, 0.25) is 17.8 Å². The number of hydrogen-bond acceptors (Lipinski definition) is 6. The number of piperazine rings is 1. The minimum absolute atomic E-state index is 0.0794. The minimum Gasteiger partial charge on any atom is -0.379 e. The lowest BCUT2D eigenvalue weighted by Crippen LogP contribution is -2.49. The molecular formula is C24H26N6O3. The Morgan fingerprint density at radius 3 is 2.55 bits per heavy atom. The van der Waals surface area contributed by atoms with Gasteiger partial charge in [-0.05, 0) is 23.6 Å². The summed E-state index contributed by atoms with van der Waals surface area (Å²) in [6.45, 7) is 4.05. The van der Waals surface area contributed by atoms with Crippen molar-refractivity contribution in [2.24, 2.45) is 5.73 Å². The zero-order valence-electron chi connectivity index (χ0n) is 18.3. The van der Waals surface area contributed by atoms with Crippen molar-refractivity contribution < 1.29 is 14.3 Å². The van der Waals surface area contributed by atoms with Gasteiger partial charge >= 0.3 is 0 Å². The van der Waals surface area contributed by atoms with Crippen LogP contribution >= 0.6 is 0 Å². The van der Waals surface area contributed by atoms with E-state index in [0.717, 1.165) is 10.9 Å². The number of carbonyl (C=O) groups excluding carboxylic acids is 2. The Balaban J connectivity index is 1.18. The zero-order chi connectivity index (χ0) is 23.2. The van der Waals surface area contributed by atoms with Crippen molar-refractivity contribution in [3.8, 4) is 12.3 Å². The highest BCUT2D eigenvalue weighted by atomic mass is 16.5. The molecule has 1 aliphatic rings. The van der Waals surface area contributed by atoms with E-state index in [1.807, 2.05) is 32.7 Å². The molecule has 1 fully saturated rings. The molecule has 0 bridgehead atoms. The molecule has 4 rings (SSSR count). The van der Waals surface area contributed by atoms with Gasteiger partial charge < -0.3 is 24.8 Å². The Morgan fingerprint density at radius 1 is 1.09 bits per heavy atom. The molecule has 3 aromatic rings. The SMILES string of the molecule is C#Cc1cnc(N2CCN(C(=O)CCOCCn3ccc4ccc(C(N)=O)cc43)CC2)nc1. The van der Waals surface area contributed by atoms with Crippen LogP contribution in [0.4, 0.5) is 5.95 Å². The Kier molecular flexibility index (Phi) is 6.86. The molecule has 2 N–H and O–H groups in total. The summed E-state index contributed by atoms with van der Waals surface area (Å²) >= 11 is 0. The van der Waals surface area contributed by atoms with E-state index in [2.05, 4.69) is 15.9 Å². The number of anilines is 1. The van der Waals surface area contributed by atoms with Crippen LogP contribution in [0.3, 0.4) is 0 Å². The first-order valence-electron chi connectivity index (χ1n) is 10.8. The topological polar surface area (TPSA) is 107 Å². The smallest absolute Gasteiger partial charge is 0.248 e. The fourth-order valence-corrected chi connectivity index (χ4v) is 3.83. The van der Waals surface area contributed by atoms with E-state index in [1.165, 1.54) is 0 Å². The number of amides is 2. The first-order chi connectivity index (χ1) is 16.0. The van der Waals surface area contributed by atoms with Crippen LogP contribution in [0.25, 0.3) is 10.9 Å². The molecule has 3 heterocycles. The van der Waals surface area contributed by atoms with Gasteiger partial charge in [0.15, 0.2) is 0 Å². The summed E-state index contributed by atoms with van der Waals surface area (Å²) in [7, 11) is 0. The van der Waals surface area contributed by atoms with Crippen LogP contribution in [-0.4, -0.2) is 70.6 Å². The average Bonchev–Trinajstić information content (AvgIpc) is 3.26. The highest BCUT2D eigenvalue weighted by Gasteiger charge is 2.22. The fourth-order valence-electron chi connectivity index (χ4n) is 3.83. The third-order valence-electron chi connectivity index (χ3n) is 5.72. The number of benzene rings is 1. The lowest BCUT2D eigenvalue weighted by molar-refractivity contribution is -0.132. The predicted molar refractivity (Wildman–Crippen MR) is 125 cm³/mol. The van der Waals surface area contributed by atoms with Crippen LogP contribution in [0.1, 0.15) is 22.3 Å². The number of fused-ring (bicyclic) bond motifs is 1. The molecule has 33 heavy (non-hydrogen) atoms. The number of ether oxygens (including phenoxy) is 1. The number of aromatic nitrogens is 3. The van der Waals surface area contributed by atoms with Gasteiger partial charge in [0.1, 0.15) is 0 Å². The maximum Gasteiger partial charge on any atom is 0.248 e. The molecule has 0 spiro atoms. The first kappa shape index (κ1) is 22.3. The van der Waals surface area contributed by atoms with Gasteiger partial charge in [0, 0.05) is 62.4 Å². The summed E-state index contributed by atoms with van der Waals surface area (Å²) in [5.41, 5.74) is 7.43. The highest BCUT2D eigenvalue weighted by Crippen LogP contribution is 2.18. The van der Waals surface area contributed by atoms with Gasteiger partial charge in [-0.25, -0.2) is 9.97 Å². The van der Waals surface area contributed by atoms with Crippen molar-refractivity contribution in [1.82, 2.24) is 19.4 Å². The van der Waals surface area contributed by atoms with Crippen LogP contribution in [0.5, 0.6) is 0 Å². The van der Waals surface area contributed by atoms with Crippen LogP contribution in [0.2, 0.25) is 0 Å². The van der Waals surface area contributed by atoms with E-state index in [0.29, 0.717) is 69.4 Å². The Labute approximate surface area is 192 Å². The monoisotopic (exact) mass is 446 g/mol. The number of rotatable bonds is 8. The Hall–Kier alpha value is -3.90. The van der Waals surface area contributed by atoms with Gasteiger partial charge in [0.05, 0.1) is 25.2 Å². The number of hydrogen-bond donors (Lipinski definition) is 1. The van der Waals surface area contributed by atoms with E-state index in [-0.39, 0.29) is 5.91 Å². The van der Waals surface area contributed by atoms with Crippen molar-refractivity contribution in [2.45, 2.75) is 13.0 Å². The van der Waals surface area contributed by atoms with E-state index in [4.69, 9.17) is 16.9 Å². The summed E-state index contributed by atoms with van der Waals surface area (Å²) in [5, 5.41) is 1.03. The van der Waals surface area contributed by atoms with E-state index in [1.54, 1.807) is 24.5 Å². The molecular weight excluding hydrogens is 420 g/mol. The second-order valence-corrected chi connectivity index (χ2v) is 7.79. The summed E-state index contributed by atoms with van der Waals surface area (Å²) in [6, 6.07) is 7.37. The molecule has 0 radical (unpaired) electrons. The molecule has 0 aliphatic carbocycles. The van der Waals surface area contributed by atoms with E-state index >= 15 is 0 Å². The molecule has 1 aliphatic heterocycles. The molecule has 2 aromatic heterocycles. The normalized spacial score (nSPS) is 13.8. The molecule has 170 valence electrons. The van der Waals surface area contributed by atoms with Crippen LogP contribution in [0, 0.1) is 12.3 Å². The molecule has 9 nitrogen and oxygen atoms in total. The summed E-state index contributed by atoms with van der Waals surface area (Å²) in [4.78, 5) is 36.4. The molecule has 0 unspecified atom stereocenters. The maximum atomic E-state index is 12.5. The zero-order valence-corrected chi connectivity index (χ0v) is 18.3. The van der Waals surface area contributed by atoms with Gasteiger partial charge in [-0.1, -0.05) is 12.0 Å². The number of nitrogens with zero attached hydrogens (tertiary/aromatic N) is 5. The summed E-state index contributed by atoms with van der Waals surface area (Å²) < 4.78 is 7.72. The Bertz CT molecular complexity index is 1170. The quantitative estimate of drug-likeness (QED) is 0.413. The minimum atomic E-state index is -0.449. The second kappa shape index (κ2) is 10.1. The van der Waals surface area contributed by atoms with Crippen LogP contribution in [-0.2, 0) is 16.1 Å². The van der Waals surface area contributed by atoms with Crippen molar-refractivity contribution >= 4 is 28.7 Å². The number of primary amides is 1. The van der Waals surface area contributed by atoms with E-state index in [9.17, 15) is 9.59 Å².